The summed E-state index contributed by atoms with van der Waals surface area (Å²) in [5, 5.41) is 9.06. The zero-order chi connectivity index (χ0) is 10.6. The molecular weight excluding hydrogens is 182 g/mol. The number of hydrogen-bond acceptors (Lipinski definition) is 4. The van der Waals surface area contributed by atoms with Gasteiger partial charge in [-0.05, 0) is 13.8 Å². The molecule has 1 N–H and O–H groups in total. The minimum Gasteiger partial charge on any atom is -0.394 e. The third kappa shape index (κ3) is 3.20. The first-order valence-electron chi connectivity index (χ1n) is 5.16. The molecular formula is C10H21NO3. The van der Waals surface area contributed by atoms with E-state index < -0.39 is 0 Å². The van der Waals surface area contributed by atoms with Crippen molar-refractivity contribution in [2.24, 2.45) is 0 Å². The maximum atomic E-state index is 9.06. The Morgan fingerprint density at radius 1 is 1.57 bits per heavy atom. The van der Waals surface area contributed by atoms with Gasteiger partial charge in [0.15, 0.2) is 0 Å². The monoisotopic (exact) mass is 203 g/mol. The van der Waals surface area contributed by atoms with E-state index in [1.807, 2.05) is 6.92 Å². The summed E-state index contributed by atoms with van der Waals surface area (Å²) < 4.78 is 10.7. The molecule has 3 unspecified atom stereocenters. The molecule has 0 aliphatic carbocycles. The predicted octanol–water partition coefficient (Wildman–Crippen LogP) is 0.103. The Labute approximate surface area is 85.8 Å². The fraction of sp³-hybridized carbons (Fsp3) is 1.00. The number of nitrogens with zero attached hydrogens (tertiary/aromatic N) is 1. The van der Waals surface area contributed by atoms with E-state index in [9.17, 15) is 0 Å². The van der Waals surface area contributed by atoms with Crippen LogP contribution in [0.25, 0.3) is 0 Å². The van der Waals surface area contributed by atoms with Crippen LogP contribution in [0.15, 0.2) is 0 Å². The molecule has 3 atom stereocenters. The number of methoxy groups -OCH3 is 1. The first-order valence-corrected chi connectivity index (χ1v) is 5.16. The molecule has 0 aromatic carbocycles. The Morgan fingerprint density at radius 3 is 2.86 bits per heavy atom. The molecule has 0 bridgehead atoms. The molecule has 0 aromatic rings. The number of hydrogen-bond donors (Lipinski definition) is 1. The van der Waals surface area contributed by atoms with Crippen LogP contribution in [0.5, 0.6) is 0 Å². The van der Waals surface area contributed by atoms with Gasteiger partial charge >= 0.3 is 0 Å². The van der Waals surface area contributed by atoms with E-state index in [2.05, 4.69) is 11.8 Å². The standard InChI is InChI=1S/C10H21NO3/c1-8(7-13-3)11-4-9(2)14-10(5-11)6-12/h8-10,12H,4-7H2,1-3H3. The van der Waals surface area contributed by atoms with E-state index in [4.69, 9.17) is 14.6 Å². The molecule has 0 radical (unpaired) electrons. The van der Waals surface area contributed by atoms with Crippen LogP contribution in [0.2, 0.25) is 0 Å². The summed E-state index contributed by atoms with van der Waals surface area (Å²) >= 11 is 0. The van der Waals surface area contributed by atoms with E-state index >= 15 is 0 Å². The number of morpholine rings is 1. The lowest BCUT2D eigenvalue weighted by Gasteiger charge is -2.39. The van der Waals surface area contributed by atoms with Gasteiger partial charge in [0.2, 0.25) is 0 Å². The van der Waals surface area contributed by atoms with Gasteiger partial charge in [-0.25, -0.2) is 0 Å². The molecule has 1 fully saturated rings. The maximum absolute atomic E-state index is 9.06. The van der Waals surface area contributed by atoms with Gasteiger partial charge in [0.1, 0.15) is 0 Å². The molecule has 1 rings (SSSR count). The summed E-state index contributed by atoms with van der Waals surface area (Å²) in [4.78, 5) is 2.30. The minimum absolute atomic E-state index is 0.0435. The largest absolute Gasteiger partial charge is 0.394 e. The Kier molecular flexibility index (Phi) is 4.81. The van der Waals surface area contributed by atoms with Gasteiger partial charge in [-0.1, -0.05) is 0 Å². The van der Waals surface area contributed by atoms with Crippen molar-refractivity contribution in [2.45, 2.75) is 32.1 Å². The van der Waals surface area contributed by atoms with E-state index in [1.54, 1.807) is 7.11 Å². The van der Waals surface area contributed by atoms with Crippen molar-refractivity contribution in [3.8, 4) is 0 Å². The maximum Gasteiger partial charge on any atom is 0.0936 e. The van der Waals surface area contributed by atoms with E-state index in [-0.39, 0.29) is 18.8 Å². The number of rotatable bonds is 4. The fourth-order valence-corrected chi connectivity index (χ4v) is 1.89. The van der Waals surface area contributed by atoms with Crippen molar-refractivity contribution in [3.05, 3.63) is 0 Å². The fourth-order valence-electron chi connectivity index (χ4n) is 1.89. The zero-order valence-corrected chi connectivity index (χ0v) is 9.27. The highest BCUT2D eigenvalue weighted by Gasteiger charge is 2.27. The van der Waals surface area contributed by atoms with Crippen molar-refractivity contribution >= 4 is 0 Å². The summed E-state index contributed by atoms with van der Waals surface area (Å²) in [6.45, 7) is 6.71. The van der Waals surface area contributed by atoms with Crippen LogP contribution in [0, 0.1) is 0 Å². The molecule has 0 amide bonds. The lowest BCUT2D eigenvalue weighted by molar-refractivity contribution is -0.108. The first kappa shape index (κ1) is 11.9. The van der Waals surface area contributed by atoms with Crippen molar-refractivity contribution < 1.29 is 14.6 Å². The van der Waals surface area contributed by atoms with E-state index in [0.717, 1.165) is 19.7 Å². The molecule has 0 saturated carbocycles. The summed E-state index contributed by atoms with van der Waals surface area (Å²) in [5.74, 6) is 0. The summed E-state index contributed by atoms with van der Waals surface area (Å²) in [7, 11) is 1.71. The van der Waals surface area contributed by atoms with Crippen LogP contribution in [0.1, 0.15) is 13.8 Å². The van der Waals surface area contributed by atoms with Crippen LogP contribution >= 0.6 is 0 Å². The number of aliphatic hydroxyl groups is 1. The minimum atomic E-state index is -0.0435. The van der Waals surface area contributed by atoms with Crippen LogP contribution < -0.4 is 0 Å². The molecule has 1 heterocycles. The third-order valence-corrected chi connectivity index (χ3v) is 2.59. The third-order valence-electron chi connectivity index (χ3n) is 2.59. The average Bonchev–Trinajstić information content (AvgIpc) is 2.17. The van der Waals surface area contributed by atoms with Gasteiger partial charge in [-0.15, -0.1) is 0 Å². The SMILES string of the molecule is COCC(C)N1CC(C)OC(CO)C1. The summed E-state index contributed by atoms with van der Waals surface area (Å²) in [5.41, 5.74) is 0. The van der Waals surface area contributed by atoms with Gasteiger partial charge in [0.05, 0.1) is 25.4 Å². The summed E-state index contributed by atoms with van der Waals surface area (Å²) in [6, 6.07) is 0.389. The molecule has 0 spiro atoms. The number of aliphatic hydroxyl groups excluding tert-OH is 1. The highest BCUT2D eigenvalue weighted by Crippen LogP contribution is 2.13. The lowest BCUT2D eigenvalue weighted by Crippen LogP contribution is -2.52. The Morgan fingerprint density at radius 2 is 2.29 bits per heavy atom. The predicted molar refractivity (Wildman–Crippen MR) is 54.3 cm³/mol. The molecule has 1 aliphatic rings. The first-order chi connectivity index (χ1) is 6.67. The van der Waals surface area contributed by atoms with Gasteiger partial charge in [-0.3, -0.25) is 4.90 Å². The van der Waals surface area contributed by atoms with Crippen LogP contribution in [0.3, 0.4) is 0 Å². The van der Waals surface area contributed by atoms with Gasteiger partial charge in [0, 0.05) is 26.2 Å². The molecule has 1 saturated heterocycles. The quantitative estimate of drug-likeness (QED) is 0.704. The molecule has 4 heteroatoms. The van der Waals surface area contributed by atoms with Crippen molar-refractivity contribution in [3.63, 3.8) is 0 Å². The van der Waals surface area contributed by atoms with Crippen LogP contribution in [-0.2, 0) is 9.47 Å². The molecule has 14 heavy (non-hydrogen) atoms. The Balaban J connectivity index is 2.43. The normalized spacial score (nSPS) is 31.7. The smallest absolute Gasteiger partial charge is 0.0936 e. The van der Waals surface area contributed by atoms with Crippen LogP contribution in [-0.4, -0.2) is 61.7 Å². The molecule has 84 valence electrons. The summed E-state index contributed by atoms with van der Waals surface area (Å²) in [6.07, 6.45) is 0.151. The second-order valence-electron chi connectivity index (χ2n) is 4.01. The Hall–Kier alpha value is -0.160. The van der Waals surface area contributed by atoms with Gasteiger partial charge < -0.3 is 14.6 Å². The van der Waals surface area contributed by atoms with Crippen molar-refractivity contribution in [1.82, 2.24) is 4.90 Å². The van der Waals surface area contributed by atoms with E-state index in [0.29, 0.717) is 6.04 Å². The molecule has 0 aromatic heterocycles. The molecule has 1 aliphatic heterocycles. The lowest BCUT2D eigenvalue weighted by atomic mass is 10.2. The van der Waals surface area contributed by atoms with Gasteiger partial charge in [0.25, 0.3) is 0 Å². The Bertz CT molecular complexity index is 165. The number of ether oxygens (including phenoxy) is 2. The second kappa shape index (κ2) is 5.66. The zero-order valence-electron chi connectivity index (χ0n) is 9.27. The van der Waals surface area contributed by atoms with Crippen LogP contribution in [0.4, 0.5) is 0 Å². The highest BCUT2D eigenvalue weighted by molar-refractivity contribution is 4.78. The van der Waals surface area contributed by atoms with Crippen molar-refractivity contribution in [2.75, 3.05) is 33.4 Å². The van der Waals surface area contributed by atoms with E-state index in [1.165, 1.54) is 0 Å². The highest BCUT2D eigenvalue weighted by atomic mass is 16.5. The van der Waals surface area contributed by atoms with Crippen molar-refractivity contribution in [1.29, 1.82) is 0 Å². The molecule has 4 nitrogen and oxygen atoms in total. The van der Waals surface area contributed by atoms with Gasteiger partial charge in [-0.2, -0.15) is 0 Å². The second-order valence-corrected chi connectivity index (χ2v) is 4.01. The topological polar surface area (TPSA) is 41.9 Å². The average molecular weight is 203 g/mol.